The maximum atomic E-state index is 11.3. The van der Waals surface area contributed by atoms with E-state index in [0.717, 1.165) is 15.6 Å². The van der Waals surface area contributed by atoms with Gasteiger partial charge in [-0.25, -0.2) is 0 Å². The zero-order valence-electron chi connectivity index (χ0n) is 10.9. The summed E-state index contributed by atoms with van der Waals surface area (Å²) < 4.78 is 1.04. The summed E-state index contributed by atoms with van der Waals surface area (Å²) >= 11 is 3.39. The molecule has 0 bridgehead atoms. The normalized spacial score (nSPS) is 12.1. The van der Waals surface area contributed by atoms with E-state index >= 15 is 0 Å². The number of nitrogens with one attached hydrogen (secondary N) is 1. The van der Waals surface area contributed by atoms with E-state index in [1.807, 2.05) is 54.6 Å². The second-order valence-electron chi connectivity index (χ2n) is 4.56. The monoisotopic (exact) mass is 333 g/mol. The van der Waals surface area contributed by atoms with Crippen molar-refractivity contribution in [1.82, 2.24) is 5.32 Å². The summed E-state index contributed by atoms with van der Waals surface area (Å²) in [5.41, 5.74) is 1.95. The number of rotatable bonds is 6. The summed E-state index contributed by atoms with van der Waals surface area (Å²) in [7, 11) is 0. The van der Waals surface area contributed by atoms with Crippen molar-refractivity contribution in [3.63, 3.8) is 0 Å². The van der Waals surface area contributed by atoms with Crippen molar-refractivity contribution >= 4 is 21.9 Å². The first kappa shape index (κ1) is 14.8. The lowest BCUT2D eigenvalue weighted by Gasteiger charge is -2.13. The third-order valence-electron chi connectivity index (χ3n) is 3.09. The average Bonchev–Trinajstić information content (AvgIpc) is 2.46. The van der Waals surface area contributed by atoms with E-state index in [0.29, 0.717) is 13.1 Å². The number of aliphatic carboxylic acids is 1. The van der Waals surface area contributed by atoms with Gasteiger partial charge in [0.25, 0.3) is 0 Å². The molecule has 3 nitrogen and oxygen atoms in total. The molecule has 0 amide bonds. The van der Waals surface area contributed by atoms with Crippen LogP contribution in [-0.2, 0) is 11.3 Å². The van der Waals surface area contributed by atoms with Crippen molar-refractivity contribution in [3.05, 3.63) is 70.2 Å². The Hall–Kier alpha value is -1.65. The molecule has 0 spiro atoms. The number of hydrogen-bond acceptors (Lipinski definition) is 2. The van der Waals surface area contributed by atoms with Crippen LogP contribution >= 0.6 is 15.9 Å². The number of carboxylic acids is 1. The predicted molar refractivity (Wildman–Crippen MR) is 82.7 cm³/mol. The molecule has 1 atom stereocenters. The molecule has 4 heteroatoms. The molecule has 2 rings (SSSR count). The van der Waals surface area contributed by atoms with E-state index in [4.69, 9.17) is 0 Å². The van der Waals surface area contributed by atoms with Crippen LogP contribution < -0.4 is 5.32 Å². The van der Waals surface area contributed by atoms with Gasteiger partial charge in [0.1, 0.15) is 0 Å². The minimum absolute atomic E-state index is 0.412. The molecular formula is C16H16BrNO2. The highest BCUT2D eigenvalue weighted by atomic mass is 79.9. The van der Waals surface area contributed by atoms with Crippen LogP contribution in [0.15, 0.2) is 59.1 Å². The first-order valence-corrected chi connectivity index (χ1v) is 7.19. The number of carbonyl (C=O) groups is 1. The fourth-order valence-electron chi connectivity index (χ4n) is 2.00. The molecule has 2 N–H and O–H groups in total. The molecule has 0 heterocycles. The van der Waals surface area contributed by atoms with Crippen molar-refractivity contribution in [1.29, 1.82) is 0 Å². The third kappa shape index (κ3) is 4.18. The van der Waals surface area contributed by atoms with Crippen LogP contribution in [0.5, 0.6) is 0 Å². The molecule has 0 saturated heterocycles. The van der Waals surface area contributed by atoms with Gasteiger partial charge in [-0.2, -0.15) is 0 Å². The molecule has 2 aromatic rings. The van der Waals surface area contributed by atoms with Crippen molar-refractivity contribution in [3.8, 4) is 0 Å². The number of halogens is 1. The van der Waals surface area contributed by atoms with E-state index in [1.165, 1.54) is 0 Å². The lowest BCUT2D eigenvalue weighted by molar-refractivity contribution is -0.138. The molecule has 0 fully saturated rings. The molecule has 20 heavy (non-hydrogen) atoms. The highest BCUT2D eigenvalue weighted by Crippen LogP contribution is 2.15. The number of benzene rings is 2. The zero-order chi connectivity index (χ0) is 14.4. The quantitative estimate of drug-likeness (QED) is 0.851. The fourth-order valence-corrected chi connectivity index (χ4v) is 2.26. The van der Waals surface area contributed by atoms with Gasteiger partial charge in [0, 0.05) is 17.6 Å². The van der Waals surface area contributed by atoms with E-state index < -0.39 is 11.9 Å². The Morgan fingerprint density at radius 1 is 1.10 bits per heavy atom. The number of hydrogen-bond donors (Lipinski definition) is 2. The molecule has 0 aliphatic carbocycles. The maximum absolute atomic E-state index is 11.3. The van der Waals surface area contributed by atoms with Crippen LogP contribution in [0.3, 0.4) is 0 Å². The summed E-state index contributed by atoms with van der Waals surface area (Å²) in [4.78, 5) is 11.3. The van der Waals surface area contributed by atoms with Crippen LogP contribution in [0.25, 0.3) is 0 Å². The van der Waals surface area contributed by atoms with Gasteiger partial charge in [0.05, 0.1) is 5.92 Å². The summed E-state index contributed by atoms with van der Waals surface area (Å²) in [5.74, 6) is -1.33. The van der Waals surface area contributed by atoms with Crippen LogP contribution in [-0.4, -0.2) is 17.6 Å². The average molecular weight is 334 g/mol. The third-order valence-corrected chi connectivity index (χ3v) is 3.62. The molecule has 104 valence electrons. The van der Waals surface area contributed by atoms with Gasteiger partial charge in [0.15, 0.2) is 0 Å². The van der Waals surface area contributed by atoms with Gasteiger partial charge in [-0.05, 0) is 23.3 Å². The van der Waals surface area contributed by atoms with Gasteiger partial charge < -0.3 is 10.4 Å². The lowest BCUT2D eigenvalue weighted by Crippen LogP contribution is -2.26. The van der Waals surface area contributed by atoms with Gasteiger partial charge in [-0.1, -0.05) is 58.4 Å². The SMILES string of the molecule is O=C(O)C(CNCc1ccc(Br)cc1)c1ccccc1. The predicted octanol–water partition coefficient (Wildman–Crippen LogP) is 3.41. The Balaban J connectivity index is 1.93. The molecule has 0 radical (unpaired) electrons. The second kappa shape index (κ2) is 7.22. The largest absolute Gasteiger partial charge is 0.481 e. The summed E-state index contributed by atoms with van der Waals surface area (Å²) in [6, 6.07) is 17.3. The van der Waals surface area contributed by atoms with Crippen LogP contribution in [0, 0.1) is 0 Å². The molecule has 0 aliphatic heterocycles. The fraction of sp³-hybridized carbons (Fsp3) is 0.188. The van der Waals surface area contributed by atoms with Crippen molar-refractivity contribution in [2.24, 2.45) is 0 Å². The van der Waals surface area contributed by atoms with Crippen LogP contribution in [0.2, 0.25) is 0 Å². The highest BCUT2D eigenvalue weighted by molar-refractivity contribution is 9.10. The standard InChI is InChI=1S/C16H16BrNO2/c17-14-8-6-12(7-9-14)10-18-11-15(16(19)20)13-4-2-1-3-5-13/h1-9,15,18H,10-11H2,(H,19,20). The van der Waals surface area contributed by atoms with E-state index in [-0.39, 0.29) is 0 Å². The summed E-state index contributed by atoms with van der Waals surface area (Å²) in [5, 5.41) is 12.5. The molecule has 0 saturated carbocycles. The van der Waals surface area contributed by atoms with E-state index in [2.05, 4.69) is 21.2 Å². The molecule has 0 aliphatic rings. The maximum Gasteiger partial charge on any atom is 0.312 e. The summed E-state index contributed by atoms with van der Waals surface area (Å²) in [6.07, 6.45) is 0. The Morgan fingerprint density at radius 3 is 2.35 bits per heavy atom. The van der Waals surface area contributed by atoms with Crippen LogP contribution in [0.1, 0.15) is 17.0 Å². The number of carboxylic acid groups (broad SMARTS) is 1. The first-order valence-electron chi connectivity index (χ1n) is 6.40. The van der Waals surface area contributed by atoms with Crippen molar-refractivity contribution < 1.29 is 9.90 Å². The van der Waals surface area contributed by atoms with Crippen molar-refractivity contribution in [2.75, 3.05) is 6.54 Å². The zero-order valence-corrected chi connectivity index (χ0v) is 12.5. The summed E-state index contributed by atoms with van der Waals surface area (Å²) in [6.45, 7) is 1.07. The topological polar surface area (TPSA) is 49.3 Å². The Labute approximate surface area is 126 Å². The lowest BCUT2D eigenvalue weighted by atomic mass is 9.99. The minimum atomic E-state index is -0.806. The minimum Gasteiger partial charge on any atom is -0.481 e. The highest BCUT2D eigenvalue weighted by Gasteiger charge is 2.18. The Bertz CT molecular complexity index is 554. The van der Waals surface area contributed by atoms with Gasteiger partial charge in [-0.15, -0.1) is 0 Å². The molecular weight excluding hydrogens is 318 g/mol. The second-order valence-corrected chi connectivity index (χ2v) is 5.47. The van der Waals surface area contributed by atoms with E-state index in [9.17, 15) is 9.90 Å². The first-order chi connectivity index (χ1) is 9.66. The Morgan fingerprint density at radius 2 is 1.75 bits per heavy atom. The smallest absolute Gasteiger partial charge is 0.312 e. The van der Waals surface area contributed by atoms with Gasteiger partial charge in [-0.3, -0.25) is 4.79 Å². The molecule has 0 aromatic heterocycles. The van der Waals surface area contributed by atoms with Crippen molar-refractivity contribution in [2.45, 2.75) is 12.5 Å². The van der Waals surface area contributed by atoms with Gasteiger partial charge >= 0.3 is 5.97 Å². The van der Waals surface area contributed by atoms with Gasteiger partial charge in [0.2, 0.25) is 0 Å². The van der Waals surface area contributed by atoms with Crippen LogP contribution in [0.4, 0.5) is 0 Å². The molecule has 2 aromatic carbocycles. The molecule has 1 unspecified atom stereocenters. The van der Waals surface area contributed by atoms with E-state index in [1.54, 1.807) is 0 Å². The Kier molecular flexibility index (Phi) is 5.32.